The summed E-state index contributed by atoms with van der Waals surface area (Å²) in [5, 5.41) is 0. The molecule has 0 aromatic heterocycles. The van der Waals surface area contributed by atoms with E-state index in [-0.39, 0.29) is 11.9 Å². The average Bonchev–Trinajstić information content (AvgIpc) is 2.36. The van der Waals surface area contributed by atoms with Gasteiger partial charge in [0, 0.05) is 0 Å². The van der Waals surface area contributed by atoms with E-state index in [1.807, 2.05) is 30.3 Å². The lowest BCUT2D eigenvalue weighted by Gasteiger charge is -2.32. The van der Waals surface area contributed by atoms with Crippen molar-refractivity contribution in [3.8, 4) is 0 Å². The first kappa shape index (κ1) is 13.0. The van der Waals surface area contributed by atoms with E-state index in [4.69, 9.17) is 4.74 Å². The van der Waals surface area contributed by atoms with Crippen LogP contribution in [-0.4, -0.2) is 32.3 Å². The highest BCUT2D eigenvalue weighted by molar-refractivity contribution is 7.89. The van der Waals surface area contributed by atoms with Crippen molar-refractivity contribution in [1.82, 2.24) is 4.72 Å². The molecule has 0 bridgehead atoms. The van der Waals surface area contributed by atoms with Crippen molar-refractivity contribution >= 4 is 16.0 Å². The summed E-state index contributed by atoms with van der Waals surface area (Å²) in [6, 6.07) is 8.61. The van der Waals surface area contributed by atoms with Gasteiger partial charge < -0.3 is 4.74 Å². The first-order chi connectivity index (χ1) is 8.48. The molecule has 1 aromatic carbocycles. The Balaban J connectivity index is 1.90. The molecule has 0 unspecified atom stereocenters. The molecule has 5 nitrogen and oxygen atoms in total. The van der Waals surface area contributed by atoms with Gasteiger partial charge in [-0.3, -0.25) is 4.79 Å². The van der Waals surface area contributed by atoms with E-state index >= 15 is 0 Å². The number of hydrogen-bond acceptors (Lipinski definition) is 4. The summed E-state index contributed by atoms with van der Waals surface area (Å²) in [4.78, 5) is 11.0. The van der Waals surface area contributed by atoms with Crippen molar-refractivity contribution in [1.29, 1.82) is 0 Å². The third-order valence-electron chi connectivity index (χ3n) is 2.83. The largest absolute Gasteiger partial charge is 0.459 e. The Kier molecular flexibility index (Phi) is 3.68. The lowest BCUT2D eigenvalue weighted by Crippen LogP contribution is -2.58. The van der Waals surface area contributed by atoms with Gasteiger partial charge in [-0.1, -0.05) is 30.3 Å². The number of carbonyl (C=O) groups excluding carboxylic acids is 1. The van der Waals surface area contributed by atoms with E-state index in [1.54, 1.807) is 6.92 Å². The van der Waals surface area contributed by atoms with Gasteiger partial charge in [-0.25, -0.2) is 8.42 Å². The van der Waals surface area contributed by atoms with Crippen LogP contribution in [0.2, 0.25) is 0 Å². The Morgan fingerprint density at radius 1 is 1.28 bits per heavy atom. The number of rotatable bonds is 5. The van der Waals surface area contributed by atoms with Crippen molar-refractivity contribution in [3.05, 3.63) is 35.9 Å². The second-order valence-corrected chi connectivity index (χ2v) is 6.17. The number of benzene rings is 1. The Hall–Kier alpha value is -1.40. The van der Waals surface area contributed by atoms with E-state index in [2.05, 4.69) is 4.72 Å². The molecule has 2 atom stereocenters. The van der Waals surface area contributed by atoms with Crippen LogP contribution in [0.15, 0.2) is 30.3 Å². The van der Waals surface area contributed by atoms with Crippen LogP contribution in [0.1, 0.15) is 12.5 Å². The number of nitrogens with one attached hydrogen (secondary N) is 1. The Morgan fingerprint density at radius 2 is 1.94 bits per heavy atom. The van der Waals surface area contributed by atoms with Gasteiger partial charge in [-0.15, -0.1) is 0 Å². The molecule has 0 radical (unpaired) electrons. The maximum atomic E-state index is 11.8. The molecule has 1 aromatic rings. The fourth-order valence-corrected chi connectivity index (χ4v) is 3.03. The number of carbonyl (C=O) groups is 1. The lowest BCUT2D eigenvalue weighted by atomic mass is 10.1. The molecule has 1 N–H and O–H groups in total. The quantitative estimate of drug-likeness (QED) is 0.788. The molecular formula is C12H15NO4S. The summed E-state index contributed by atoms with van der Waals surface area (Å²) >= 11 is 0. The normalized spacial score (nSPS) is 23.3. The highest BCUT2D eigenvalue weighted by Gasteiger charge is 2.41. The van der Waals surface area contributed by atoms with Gasteiger partial charge in [0.25, 0.3) is 0 Å². The van der Waals surface area contributed by atoms with Gasteiger partial charge in [0.15, 0.2) is 6.04 Å². The molecule has 6 heteroatoms. The van der Waals surface area contributed by atoms with Crippen LogP contribution in [0, 0.1) is 0 Å². The Labute approximate surface area is 106 Å². The molecule has 1 heterocycles. The van der Waals surface area contributed by atoms with E-state index in [1.165, 1.54) is 0 Å². The minimum atomic E-state index is -3.46. The predicted molar refractivity (Wildman–Crippen MR) is 66.4 cm³/mol. The molecule has 0 amide bonds. The number of aryl methyl sites for hydroxylation is 1. The highest BCUT2D eigenvalue weighted by Crippen LogP contribution is 2.14. The number of esters is 1. The van der Waals surface area contributed by atoms with Gasteiger partial charge in [0.05, 0.1) is 5.75 Å². The average molecular weight is 269 g/mol. The van der Waals surface area contributed by atoms with Gasteiger partial charge in [-0.05, 0) is 18.9 Å². The fraction of sp³-hybridized carbons (Fsp3) is 0.417. The van der Waals surface area contributed by atoms with E-state index in [0.717, 1.165) is 5.56 Å². The number of sulfonamides is 1. The number of ether oxygens (including phenoxy) is 1. The monoisotopic (exact) mass is 269 g/mol. The minimum absolute atomic E-state index is 0.0342. The zero-order valence-electron chi connectivity index (χ0n) is 10.00. The van der Waals surface area contributed by atoms with Gasteiger partial charge in [-0.2, -0.15) is 4.72 Å². The summed E-state index contributed by atoms with van der Waals surface area (Å²) in [5.41, 5.74) is 0.951. The van der Waals surface area contributed by atoms with E-state index in [0.29, 0.717) is 6.42 Å². The summed E-state index contributed by atoms with van der Waals surface area (Å²) < 4.78 is 30.6. The first-order valence-corrected chi connectivity index (χ1v) is 7.37. The smallest absolute Gasteiger partial charge is 0.328 e. The molecule has 1 aliphatic heterocycles. The zero-order valence-corrected chi connectivity index (χ0v) is 10.8. The zero-order chi connectivity index (χ0) is 13.2. The second-order valence-electron chi connectivity index (χ2n) is 4.29. The maximum absolute atomic E-state index is 11.8. The van der Waals surface area contributed by atoms with Gasteiger partial charge in [0.1, 0.15) is 6.10 Å². The van der Waals surface area contributed by atoms with Crippen molar-refractivity contribution < 1.29 is 17.9 Å². The molecule has 1 aliphatic rings. The second kappa shape index (κ2) is 5.07. The molecule has 18 heavy (non-hydrogen) atoms. The molecule has 0 spiro atoms. The van der Waals surface area contributed by atoms with Crippen LogP contribution in [0.4, 0.5) is 0 Å². The molecule has 1 fully saturated rings. The summed E-state index contributed by atoms with van der Waals surface area (Å²) in [6.45, 7) is 1.66. The minimum Gasteiger partial charge on any atom is -0.459 e. The molecule has 0 saturated carbocycles. The molecule has 2 rings (SSSR count). The lowest BCUT2D eigenvalue weighted by molar-refractivity contribution is -0.173. The van der Waals surface area contributed by atoms with Gasteiger partial charge >= 0.3 is 5.97 Å². The van der Waals surface area contributed by atoms with Crippen LogP contribution in [0.25, 0.3) is 0 Å². The fourth-order valence-electron chi connectivity index (χ4n) is 1.74. The molecular weight excluding hydrogens is 254 g/mol. The third kappa shape index (κ3) is 3.08. The van der Waals surface area contributed by atoms with Crippen molar-refractivity contribution in [2.45, 2.75) is 25.5 Å². The Morgan fingerprint density at radius 3 is 2.50 bits per heavy atom. The number of cyclic esters (lactones) is 1. The van der Waals surface area contributed by atoms with Crippen LogP contribution in [0.5, 0.6) is 0 Å². The molecule has 0 aliphatic carbocycles. The molecule has 98 valence electrons. The van der Waals surface area contributed by atoms with Crippen molar-refractivity contribution in [2.75, 3.05) is 5.75 Å². The summed E-state index contributed by atoms with van der Waals surface area (Å²) in [5.74, 6) is -0.543. The Bertz CT molecular complexity index is 526. The SMILES string of the molecule is C[C@@H]1OC(=O)[C@H]1NS(=O)(=O)CCc1ccccc1. The van der Waals surface area contributed by atoms with Gasteiger partial charge in [0.2, 0.25) is 10.0 Å². The standard InChI is InChI=1S/C12H15NO4S/c1-9-11(12(14)17-9)13-18(15,16)8-7-10-5-3-2-4-6-10/h2-6,9,11,13H,7-8H2,1H3/t9-,11-/m0/s1. The first-order valence-electron chi connectivity index (χ1n) is 5.72. The maximum Gasteiger partial charge on any atom is 0.328 e. The summed E-state index contributed by atoms with van der Waals surface area (Å²) in [7, 11) is -3.46. The van der Waals surface area contributed by atoms with Crippen molar-refractivity contribution in [2.24, 2.45) is 0 Å². The number of hydrogen-bond donors (Lipinski definition) is 1. The van der Waals surface area contributed by atoms with Crippen LogP contribution in [-0.2, 0) is 26.0 Å². The van der Waals surface area contributed by atoms with Crippen LogP contribution < -0.4 is 4.72 Å². The van der Waals surface area contributed by atoms with E-state index < -0.39 is 22.0 Å². The summed E-state index contributed by atoms with van der Waals surface area (Å²) in [6.07, 6.45) is 0.0378. The van der Waals surface area contributed by atoms with Crippen LogP contribution in [0.3, 0.4) is 0 Å². The third-order valence-corrected chi connectivity index (χ3v) is 4.19. The highest BCUT2D eigenvalue weighted by atomic mass is 32.2. The van der Waals surface area contributed by atoms with Crippen molar-refractivity contribution in [3.63, 3.8) is 0 Å². The van der Waals surface area contributed by atoms with E-state index in [9.17, 15) is 13.2 Å². The predicted octanol–water partition coefficient (Wildman–Crippen LogP) is 0.462. The van der Waals surface area contributed by atoms with Crippen LogP contribution >= 0.6 is 0 Å². The topological polar surface area (TPSA) is 72.5 Å². The molecule has 1 saturated heterocycles.